The third-order valence-electron chi connectivity index (χ3n) is 4.40. The summed E-state index contributed by atoms with van der Waals surface area (Å²) in [6, 6.07) is 10.9. The van der Waals surface area contributed by atoms with Gasteiger partial charge < -0.3 is 15.4 Å². The van der Waals surface area contributed by atoms with Gasteiger partial charge in [-0.3, -0.25) is 9.59 Å². The van der Waals surface area contributed by atoms with E-state index in [4.69, 9.17) is 4.74 Å². The lowest BCUT2D eigenvalue weighted by Gasteiger charge is -2.07. The van der Waals surface area contributed by atoms with Crippen molar-refractivity contribution in [2.24, 2.45) is 0 Å². The van der Waals surface area contributed by atoms with Gasteiger partial charge in [0.25, 0.3) is 5.91 Å². The summed E-state index contributed by atoms with van der Waals surface area (Å²) in [5.74, 6) is 1.14. The molecule has 3 aromatic rings. The molecular weight excluding hydrogens is 416 g/mol. The first-order chi connectivity index (χ1) is 15.1. The van der Waals surface area contributed by atoms with Crippen LogP contribution < -0.4 is 15.4 Å². The number of carbonyl (C=O) groups is 2. The van der Waals surface area contributed by atoms with E-state index < -0.39 is 0 Å². The lowest BCUT2D eigenvalue weighted by Crippen LogP contribution is -2.25. The number of nitrogens with one attached hydrogen (secondary N) is 2. The van der Waals surface area contributed by atoms with Crippen LogP contribution in [-0.4, -0.2) is 50.0 Å². The van der Waals surface area contributed by atoms with Crippen molar-refractivity contribution in [3.63, 3.8) is 0 Å². The van der Waals surface area contributed by atoms with Gasteiger partial charge in [0.2, 0.25) is 5.91 Å². The molecule has 0 radical (unpaired) electrons. The van der Waals surface area contributed by atoms with Crippen LogP contribution in [0.4, 0.5) is 5.69 Å². The monoisotopic (exact) mass is 438 g/mol. The van der Waals surface area contributed by atoms with Crippen molar-refractivity contribution < 1.29 is 14.3 Å². The molecule has 0 spiro atoms. The summed E-state index contributed by atoms with van der Waals surface area (Å²) < 4.78 is 6.91. The van der Waals surface area contributed by atoms with Gasteiger partial charge in [0.15, 0.2) is 11.5 Å². The van der Waals surface area contributed by atoms with Crippen LogP contribution in [0, 0.1) is 0 Å². The summed E-state index contributed by atoms with van der Waals surface area (Å²) in [6.45, 7) is 2.51. The summed E-state index contributed by atoms with van der Waals surface area (Å²) in [5, 5.41) is 10.7. The summed E-state index contributed by atoms with van der Waals surface area (Å²) in [6.07, 6.45) is 5.13. The SMILES string of the molecule is CCOc1ccc(NC(=O)CSc2cc(-n3ccc(C(=O)NC4CC4)n3)ncn2)cc1. The Balaban J connectivity index is 1.32. The molecule has 1 aliphatic carbocycles. The molecule has 1 aliphatic rings. The highest BCUT2D eigenvalue weighted by Crippen LogP contribution is 2.20. The van der Waals surface area contributed by atoms with Gasteiger partial charge in [-0.25, -0.2) is 14.6 Å². The molecule has 0 aliphatic heterocycles. The number of hydrogen-bond acceptors (Lipinski definition) is 7. The second kappa shape index (κ2) is 9.61. The van der Waals surface area contributed by atoms with Crippen molar-refractivity contribution >= 4 is 29.3 Å². The molecule has 2 N–H and O–H groups in total. The molecule has 2 amide bonds. The molecule has 1 saturated carbocycles. The second-order valence-corrected chi connectivity index (χ2v) is 7.90. The lowest BCUT2D eigenvalue weighted by molar-refractivity contribution is -0.113. The molecule has 0 saturated heterocycles. The maximum atomic E-state index is 12.3. The fraction of sp³-hybridized carbons (Fsp3) is 0.286. The Hall–Kier alpha value is -3.40. The molecule has 9 nitrogen and oxygen atoms in total. The highest BCUT2D eigenvalue weighted by molar-refractivity contribution is 7.99. The number of hydrogen-bond donors (Lipinski definition) is 2. The van der Waals surface area contributed by atoms with Gasteiger partial charge in [-0.05, 0) is 50.1 Å². The molecular formula is C21H22N6O3S. The summed E-state index contributed by atoms with van der Waals surface area (Å²) >= 11 is 1.29. The maximum Gasteiger partial charge on any atom is 0.272 e. The van der Waals surface area contributed by atoms with Crippen LogP contribution in [0.5, 0.6) is 5.75 Å². The summed E-state index contributed by atoms with van der Waals surface area (Å²) in [4.78, 5) is 32.8. The predicted molar refractivity (Wildman–Crippen MR) is 117 cm³/mol. The molecule has 2 heterocycles. The minimum absolute atomic E-state index is 0.146. The number of nitrogens with zero attached hydrogens (tertiary/aromatic N) is 4. The molecule has 0 atom stereocenters. The largest absolute Gasteiger partial charge is 0.494 e. The van der Waals surface area contributed by atoms with Crippen molar-refractivity contribution in [3.8, 4) is 11.6 Å². The molecule has 2 aromatic heterocycles. The minimum Gasteiger partial charge on any atom is -0.494 e. The van der Waals surface area contributed by atoms with Crippen LogP contribution in [-0.2, 0) is 4.79 Å². The summed E-state index contributed by atoms with van der Waals surface area (Å²) in [7, 11) is 0. The predicted octanol–water partition coefficient (Wildman–Crippen LogP) is 2.68. The van der Waals surface area contributed by atoms with Crippen LogP contribution in [0.15, 0.2) is 53.9 Å². The van der Waals surface area contributed by atoms with Crippen molar-refractivity contribution in [3.05, 3.63) is 54.6 Å². The molecule has 4 rings (SSSR count). The zero-order valence-electron chi connectivity index (χ0n) is 16.9. The van der Waals surface area contributed by atoms with E-state index in [0.29, 0.717) is 28.8 Å². The Morgan fingerprint density at radius 3 is 2.74 bits per heavy atom. The second-order valence-electron chi connectivity index (χ2n) is 6.90. The first-order valence-corrected chi connectivity index (χ1v) is 10.9. The van der Waals surface area contributed by atoms with Gasteiger partial charge in [0, 0.05) is 24.0 Å². The van der Waals surface area contributed by atoms with E-state index in [0.717, 1.165) is 18.6 Å². The van der Waals surface area contributed by atoms with E-state index in [2.05, 4.69) is 25.7 Å². The minimum atomic E-state index is -0.184. The smallest absolute Gasteiger partial charge is 0.272 e. The van der Waals surface area contributed by atoms with E-state index in [9.17, 15) is 9.59 Å². The highest BCUT2D eigenvalue weighted by atomic mass is 32.2. The van der Waals surface area contributed by atoms with Crippen LogP contribution in [0.1, 0.15) is 30.3 Å². The Kier molecular flexibility index (Phi) is 6.46. The Labute approximate surface area is 183 Å². The van der Waals surface area contributed by atoms with E-state index in [-0.39, 0.29) is 23.6 Å². The number of ether oxygens (including phenoxy) is 1. The zero-order chi connectivity index (χ0) is 21.6. The van der Waals surface area contributed by atoms with Crippen molar-refractivity contribution in [1.29, 1.82) is 0 Å². The third-order valence-corrected chi connectivity index (χ3v) is 5.32. The molecule has 10 heteroatoms. The lowest BCUT2D eigenvalue weighted by atomic mass is 10.3. The standard InChI is InChI=1S/C21H22N6O3S/c1-2-30-16-7-5-14(6-8-16)24-19(28)12-31-20-11-18(22-13-23-20)27-10-9-17(26-27)21(29)25-15-3-4-15/h5-11,13,15H,2-4,12H2,1H3,(H,24,28)(H,25,29). The number of carbonyl (C=O) groups excluding carboxylic acids is 2. The Morgan fingerprint density at radius 2 is 2.00 bits per heavy atom. The van der Waals surface area contributed by atoms with Crippen molar-refractivity contribution in [2.75, 3.05) is 17.7 Å². The zero-order valence-corrected chi connectivity index (χ0v) is 17.8. The molecule has 0 bridgehead atoms. The third kappa shape index (κ3) is 5.82. The normalized spacial score (nSPS) is 12.9. The first-order valence-electron chi connectivity index (χ1n) is 9.95. The Bertz CT molecular complexity index is 1060. The van der Waals surface area contributed by atoms with Gasteiger partial charge in [-0.2, -0.15) is 5.10 Å². The number of aromatic nitrogens is 4. The number of amides is 2. The van der Waals surface area contributed by atoms with E-state index in [1.165, 1.54) is 22.8 Å². The topological polar surface area (TPSA) is 111 Å². The van der Waals surface area contributed by atoms with E-state index >= 15 is 0 Å². The Morgan fingerprint density at radius 1 is 1.19 bits per heavy atom. The average molecular weight is 439 g/mol. The van der Waals surface area contributed by atoms with Gasteiger partial charge in [-0.1, -0.05) is 11.8 Å². The first kappa shape index (κ1) is 20.9. The molecule has 160 valence electrons. The van der Waals surface area contributed by atoms with Crippen LogP contribution in [0.3, 0.4) is 0 Å². The number of thioether (sulfide) groups is 1. The maximum absolute atomic E-state index is 12.3. The van der Waals surface area contributed by atoms with Gasteiger partial charge in [0.05, 0.1) is 12.4 Å². The summed E-state index contributed by atoms with van der Waals surface area (Å²) in [5.41, 5.74) is 1.04. The van der Waals surface area contributed by atoms with Crippen LogP contribution >= 0.6 is 11.8 Å². The molecule has 1 aromatic carbocycles. The highest BCUT2D eigenvalue weighted by Gasteiger charge is 2.24. The van der Waals surface area contributed by atoms with Crippen molar-refractivity contribution in [2.45, 2.75) is 30.8 Å². The van der Waals surface area contributed by atoms with Crippen LogP contribution in [0.2, 0.25) is 0 Å². The fourth-order valence-electron chi connectivity index (χ4n) is 2.73. The average Bonchev–Trinajstić information content (AvgIpc) is 3.45. The molecule has 0 unspecified atom stereocenters. The number of anilines is 1. The fourth-order valence-corrected chi connectivity index (χ4v) is 3.39. The van der Waals surface area contributed by atoms with Gasteiger partial charge in [-0.15, -0.1) is 0 Å². The quantitative estimate of drug-likeness (QED) is 0.390. The molecule has 1 fully saturated rings. The van der Waals surface area contributed by atoms with Gasteiger partial charge in [0.1, 0.15) is 17.1 Å². The number of rotatable bonds is 9. The van der Waals surface area contributed by atoms with Crippen molar-refractivity contribution in [1.82, 2.24) is 25.1 Å². The van der Waals surface area contributed by atoms with Crippen LogP contribution in [0.25, 0.3) is 5.82 Å². The molecule has 31 heavy (non-hydrogen) atoms. The van der Waals surface area contributed by atoms with E-state index in [1.54, 1.807) is 30.5 Å². The number of benzene rings is 1. The van der Waals surface area contributed by atoms with Gasteiger partial charge >= 0.3 is 0 Å². The van der Waals surface area contributed by atoms with E-state index in [1.807, 2.05) is 19.1 Å².